The molecular formula is C20H15NO. The molecule has 3 aromatic rings. The smallest absolute Gasteiger partial charge is 0.199 e. The van der Waals surface area contributed by atoms with Gasteiger partial charge in [-0.1, -0.05) is 72.8 Å². The average molecular weight is 285 g/mol. The summed E-state index contributed by atoms with van der Waals surface area (Å²) in [4.78, 5) is 13.3. The van der Waals surface area contributed by atoms with Crippen LogP contribution in [-0.4, -0.2) is 5.78 Å². The van der Waals surface area contributed by atoms with Crippen LogP contribution in [0.4, 0.5) is 5.69 Å². The van der Waals surface area contributed by atoms with Crippen molar-refractivity contribution >= 4 is 11.5 Å². The molecule has 2 heteroatoms. The summed E-state index contributed by atoms with van der Waals surface area (Å²) in [5, 5.41) is 3.48. The van der Waals surface area contributed by atoms with E-state index in [9.17, 15) is 4.79 Å². The van der Waals surface area contributed by atoms with E-state index < -0.39 is 5.54 Å². The molecule has 0 atom stereocenters. The van der Waals surface area contributed by atoms with Gasteiger partial charge in [-0.15, -0.1) is 0 Å². The molecule has 3 aromatic carbocycles. The highest BCUT2D eigenvalue weighted by Crippen LogP contribution is 2.43. The summed E-state index contributed by atoms with van der Waals surface area (Å²) < 4.78 is 0. The van der Waals surface area contributed by atoms with E-state index in [-0.39, 0.29) is 5.78 Å². The molecule has 106 valence electrons. The minimum absolute atomic E-state index is 0.0977. The van der Waals surface area contributed by atoms with Gasteiger partial charge in [-0.05, 0) is 23.3 Å². The second kappa shape index (κ2) is 4.85. The summed E-state index contributed by atoms with van der Waals surface area (Å²) in [5.74, 6) is 0.0977. The van der Waals surface area contributed by atoms with Crippen LogP contribution in [0.15, 0.2) is 84.9 Å². The van der Waals surface area contributed by atoms with Crippen LogP contribution < -0.4 is 5.32 Å². The van der Waals surface area contributed by atoms with Crippen LogP contribution in [0.3, 0.4) is 0 Å². The topological polar surface area (TPSA) is 29.1 Å². The molecule has 0 radical (unpaired) electrons. The van der Waals surface area contributed by atoms with Gasteiger partial charge in [0.15, 0.2) is 11.3 Å². The predicted molar refractivity (Wildman–Crippen MR) is 88.1 cm³/mol. The van der Waals surface area contributed by atoms with Crippen LogP contribution in [0.25, 0.3) is 0 Å². The number of carbonyl (C=O) groups is 1. The fourth-order valence-corrected chi connectivity index (χ4v) is 3.20. The van der Waals surface area contributed by atoms with Gasteiger partial charge >= 0.3 is 0 Å². The van der Waals surface area contributed by atoms with Gasteiger partial charge in [-0.2, -0.15) is 0 Å². The zero-order chi connectivity index (χ0) is 15.0. The molecule has 0 bridgehead atoms. The van der Waals surface area contributed by atoms with E-state index in [4.69, 9.17) is 0 Å². The van der Waals surface area contributed by atoms with Gasteiger partial charge in [0.05, 0.1) is 0 Å². The van der Waals surface area contributed by atoms with Crippen molar-refractivity contribution in [3.63, 3.8) is 0 Å². The minimum Gasteiger partial charge on any atom is -0.365 e. The van der Waals surface area contributed by atoms with E-state index >= 15 is 0 Å². The van der Waals surface area contributed by atoms with E-state index in [1.165, 1.54) is 0 Å². The number of carbonyl (C=O) groups excluding carboxylic acids is 1. The standard InChI is InChI=1S/C20H15NO/c22-19-17-13-7-8-14-18(17)21-20(19,15-9-3-1-4-10-15)16-11-5-2-6-12-16/h1-14,21H. The Morgan fingerprint density at radius 1 is 0.636 bits per heavy atom. The number of nitrogens with one attached hydrogen (secondary N) is 1. The number of benzene rings is 3. The van der Waals surface area contributed by atoms with Crippen LogP contribution >= 0.6 is 0 Å². The minimum atomic E-state index is -0.841. The first-order valence-electron chi connectivity index (χ1n) is 7.35. The van der Waals surface area contributed by atoms with E-state index in [2.05, 4.69) is 5.32 Å². The largest absolute Gasteiger partial charge is 0.365 e. The summed E-state index contributed by atoms with van der Waals surface area (Å²) in [5.41, 5.74) is 2.71. The predicted octanol–water partition coefficient (Wildman–Crippen LogP) is 4.24. The molecule has 0 saturated carbocycles. The maximum Gasteiger partial charge on any atom is 0.199 e. The molecule has 0 unspecified atom stereocenters. The van der Waals surface area contributed by atoms with Crippen molar-refractivity contribution in [2.24, 2.45) is 0 Å². The Labute approximate surface area is 129 Å². The van der Waals surface area contributed by atoms with Crippen molar-refractivity contribution in [3.8, 4) is 0 Å². The summed E-state index contributed by atoms with van der Waals surface area (Å²) in [7, 11) is 0. The summed E-state index contributed by atoms with van der Waals surface area (Å²) in [6.07, 6.45) is 0. The third-order valence-corrected chi connectivity index (χ3v) is 4.25. The highest BCUT2D eigenvalue weighted by atomic mass is 16.1. The molecule has 0 aliphatic carbocycles. The monoisotopic (exact) mass is 285 g/mol. The number of hydrogen-bond donors (Lipinski definition) is 1. The van der Waals surface area contributed by atoms with E-state index in [1.54, 1.807) is 0 Å². The Morgan fingerprint density at radius 2 is 1.14 bits per heavy atom. The lowest BCUT2D eigenvalue weighted by Crippen LogP contribution is -2.39. The Balaban J connectivity index is 1.99. The van der Waals surface area contributed by atoms with Gasteiger partial charge in [0.2, 0.25) is 0 Å². The number of fused-ring (bicyclic) bond motifs is 1. The first kappa shape index (κ1) is 12.8. The van der Waals surface area contributed by atoms with E-state index in [1.807, 2.05) is 84.9 Å². The Kier molecular flexibility index (Phi) is 2.83. The first-order valence-corrected chi connectivity index (χ1v) is 7.35. The van der Waals surface area contributed by atoms with Crippen molar-refractivity contribution in [1.29, 1.82) is 0 Å². The molecule has 0 saturated heterocycles. The number of Topliss-reactive ketones (excluding diaryl/α,β-unsaturated/α-hetero) is 1. The van der Waals surface area contributed by atoms with Gasteiger partial charge in [0.25, 0.3) is 0 Å². The van der Waals surface area contributed by atoms with Crippen molar-refractivity contribution in [3.05, 3.63) is 102 Å². The van der Waals surface area contributed by atoms with Crippen LogP contribution in [-0.2, 0) is 5.54 Å². The number of rotatable bonds is 2. The van der Waals surface area contributed by atoms with Crippen LogP contribution in [0, 0.1) is 0 Å². The molecule has 1 heterocycles. The number of hydrogen-bond acceptors (Lipinski definition) is 2. The Morgan fingerprint density at radius 3 is 1.68 bits per heavy atom. The maximum atomic E-state index is 13.3. The zero-order valence-corrected chi connectivity index (χ0v) is 12.0. The first-order chi connectivity index (χ1) is 10.8. The van der Waals surface area contributed by atoms with Gasteiger partial charge < -0.3 is 5.32 Å². The summed E-state index contributed by atoms with van der Waals surface area (Å²) >= 11 is 0. The lowest BCUT2D eigenvalue weighted by Gasteiger charge is -2.29. The molecule has 2 nitrogen and oxygen atoms in total. The van der Waals surface area contributed by atoms with E-state index in [0.29, 0.717) is 0 Å². The molecule has 0 aromatic heterocycles. The Bertz CT molecular complexity index is 785. The molecule has 1 aliphatic heterocycles. The van der Waals surface area contributed by atoms with Crippen molar-refractivity contribution < 1.29 is 4.79 Å². The van der Waals surface area contributed by atoms with Crippen molar-refractivity contribution in [1.82, 2.24) is 0 Å². The highest BCUT2D eigenvalue weighted by Gasteiger charge is 2.47. The van der Waals surface area contributed by atoms with Crippen LogP contribution in [0.5, 0.6) is 0 Å². The molecule has 4 rings (SSSR count). The second-order valence-corrected chi connectivity index (χ2v) is 5.48. The van der Waals surface area contributed by atoms with Gasteiger partial charge in [0.1, 0.15) is 0 Å². The normalized spacial score (nSPS) is 15.2. The fraction of sp³-hybridized carbons (Fsp3) is 0.0500. The fourth-order valence-electron chi connectivity index (χ4n) is 3.20. The molecular weight excluding hydrogens is 270 g/mol. The van der Waals surface area contributed by atoms with E-state index in [0.717, 1.165) is 22.4 Å². The number of para-hydroxylation sites is 1. The SMILES string of the molecule is O=C1c2ccccc2NC1(c1ccccc1)c1ccccc1. The number of anilines is 1. The molecule has 22 heavy (non-hydrogen) atoms. The van der Waals surface area contributed by atoms with Gasteiger partial charge in [-0.25, -0.2) is 0 Å². The lowest BCUT2D eigenvalue weighted by atomic mass is 9.80. The van der Waals surface area contributed by atoms with Crippen LogP contribution in [0.2, 0.25) is 0 Å². The highest BCUT2D eigenvalue weighted by molar-refractivity contribution is 6.15. The molecule has 0 amide bonds. The van der Waals surface area contributed by atoms with Crippen molar-refractivity contribution in [2.75, 3.05) is 5.32 Å². The number of ketones is 1. The quantitative estimate of drug-likeness (QED) is 0.763. The van der Waals surface area contributed by atoms with Gasteiger partial charge in [-0.3, -0.25) is 4.79 Å². The summed E-state index contributed by atoms with van der Waals surface area (Å²) in [6, 6.07) is 27.5. The molecule has 0 fully saturated rings. The van der Waals surface area contributed by atoms with Gasteiger partial charge in [0, 0.05) is 11.3 Å². The third kappa shape index (κ3) is 1.70. The lowest BCUT2D eigenvalue weighted by molar-refractivity contribution is 0.0941. The summed E-state index contributed by atoms with van der Waals surface area (Å²) in [6.45, 7) is 0. The average Bonchev–Trinajstić information content (AvgIpc) is 2.91. The maximum absolute atomic E-state index is 13.3. The Hall–Kier alpha value is -2.87. The molecule has 1 aliphatic rings. The zero-order valence-electron chi connectivity index (χ0n) is 12.0. The third-order valence-electron chi connectivity index (χ3n) is 4.25. The molecule has 1 N–H and O–H groups in total. The van der Waals surface area contributed by atoms with Crippen molar-refractivity contribution in [2.45, 2.75) is 5.54 Å². The van der Waals surface area contributed by atoms with Crippen LogP contribution in [0.1, 0.15) is 21.5 Å². The second-order valence-electron chi connectivity index (χ2n) is 5.48. The molecule has 0 spiro atoms.